The fourth-order valence-corrected chi connectivity index (χ4v) is 3.66. The molecule has 0 saturated heterocycles. The van der Waals surface area contributed by atoms with Gasteiger partial charge in [0.2, 0.25) is 5.88 Å². The standard InChI is InChI=1S/C21H19F3N2O5S/c1-30-16(13-3-2-4-14(10-13)21(22,23)24)11-25-19(28)31-15-7-5-12(6-8-15)9-17-18(27)26-20(29)32-17/h2-8,10,16,27H,9,11H2,1H3,(H,25,28)(H,26,29). The second kappa shape index (κ2) is 9.88. The summed E-state index contributed by atoms with van der Waals surface area (Å²) in [4.78, 5) is 25.7. The molecule has 170 valence electrons. The van der Waals surface area contributed by atoms with Crippen molar-refractivity contribution >= 4 is 17.4 Å². The lowest BCUT2D eigenvalue weighted by Crippen LogP contribution is -2.31. The summed E-state index contributed by atoms with van der Waals surface area (Å²) in [6.07, 6.45) is -5.75. The van der Waals surface area contributed by atoms with E-state index < -0.39 is 23.9 Å². The van der Waals surface area contributed by atoms with Crippen LogP contribution in [-0.2, 0) is 17.3 Å². The molecule has 1 heterocycles. The van der Waals surface area contributed by atoms with Gasteiger partial charge < -0.3 is 19.9 Å². The second-order valence-corrected chi connectivity index (χ2v) is 7.79. The number of rotatable bonds is 7. The molecule has 0 aliphatic carbocycles. The van der Waals surface area contributed by atoms with Gasteiger partial charge in [0.05, 0.1) is 23.1 Å². The number of benzene rings is 2. The predicted molar refractivity (Wildman–Crippen MR) is 111 cm³/mol. The Hall–Kier alpha value is -3.31. The van der Waals surface area contributed by atoms with Crippen molar-refractivity contribution in [2.75, 3.05) is 13.7 Å². The Labute approximate surface area is 184 Å². The molecular formula is C21H19F3N2O5S. The lowest BCUT2D eigenvalue weighted by atomic mass is 10.1. The topological polar surface area (TPSA) is 101 Å². The first-order valence-corrected chi connectivity index (χ1v) is 10.1. The van der Waals surface area contributed by atoms with Gasteiger partial charge in [-0.05, 0) is 35.4 Å². The van der Waals surface area contributed by atoms with Crippen molar-refractivity contribution in [1.82, 2.24) is 10.3 Å². The number of aromatic nitrogens is 1. The number of alkyl halides is 3. The summed E-state index contributed by atoms with van der Waals surface area (Å²) in [5.41, 5.74) is 0.245. The molecule has 0 aliphatic heterocycles. The highest BCUT2D eigenvalue weighted by atomic mass is 32.1. The quantitative estimate of drug-likeness (QED) is 0.482. The molecule has 3 aromatic rings. The Morgan fingerprint density at radius 3 is 2.53 bits per heavy atom. The van der Waals surface area contributed by atoms with Gasteiger partial charge >= 0.3 is 17.1 Å². The number of methoxy groups -OCH3 is 1. The summed E-state index contributed by atoms with van der Waals surface area (Å²) in [7, 11) is 1.33. The SMILES string of the molecule is COC(CNC(=O)Oc1ccc(Cc2sc(=O)[nH]c2O)cc1)c1cccc(C(F)(F)F)c1. The number of halogens is 3. The van der Waals surface area contributed by atoms with Gasteiger partial charge in [-0.1, -0.05) is 35.6 Å². The summed E-state index contributed by atoms with van der Waals surface area (Å²) >= 11 is 0.905. The maximum absolute atomic E-state index is 12.9. The van der Waals surface area contributed by atoms with E-state index in [9.17, 15) is 27.9 Å². The van der Waals surface area contributed by atoms with Crippen LogP contribution in [0.3, 0.4) is 0 Å². The van der Waals surface area contributed by atoms with E-state index in [0.717, 1.165) is 29.0 Å². The van der Waals surface area contributed by atoms with Gasteiger partial charge in [0.25, 0.3) is 0 Å². The summed E-state index contributed by atoms with van der Waals surface area (Å²) in [6.45, 7) is -0.0968. The zero-order chi connectivity index (χ0) is 23.3. The van der Waals surface area contributed by atoms with E-state index in [1.807, 2.05) is 0 Å². The van der Waals surface area contributed by atoms with Crippen LogP contribution in [0.25, 0.3) is 0 Å². The maximum atomic E-state index is 12.9. The number of thiazole rings is 1. The molecule has 0 saturated carbocycles. The molecule has 0 fully saturated rings. The van der Waals surface area contributed by atoms with Crippen LogP contribution in [0, 0.1) is 0 Å². The monoisotopic (exact) mass is 468 g/mol. The van der Waals surface area contributed by atoms with Gasteiger partial charge in [0.1, 0.15) is 5.75 Å². The first kappa shape index (κ1) is 23.4. The van der Waals surface area contributed by atoms with Crippen molar-refractivity contribution in [3.05, 3.63) is 79.8 Å². The van der Waals surface area contributed by atoms with E-state index in [1.54, 1.807) is 24.3 Å². The maximum Gasteiger partial charge on any atom is 0.416 e. The van der Waals surface area contributed by atoms with Crippen LogP contribution >= 0.6 is 11.3 Å². The minimum absolute atomic E-state index is 0.0968. The Balaban J connectivity index is 1.56. The van der Waals surface area contributed by atoms with Gasteiger partial charge in [0, 0.05) is 13.5 Å². The molecule has 1 atom stereocenters. The molecule has 11 heteroatoms. The number of aromatic amines is 1. The molecule has 1 aromatic heterocycles. The molecule has 1 amide bonds. The normalized spacial score (nSPS) is 12.4. The zero-order valence-electron chi connectivity index (χ0n) is 16.7. The first-order chi connectivity index (χ1) is 15.2. The van der Waals surface area contributed by atoms with E-state index in [0.29, 0.717) is 11.3 Å². The number of nitrogens with one attached hydrogen (secondary N) is 2. The number of hydrogen-bond acceptors (Lipinski definition) is 6. The Bertz CT molecular complexity index is 1130. The first-order valence-electron chi connectivity index (χ1n) is 9.31. The van der Waals surface area contributed by atoms with Crippen LogP contribution in [0.15, 0.2) is 53.3 Å². The van der Waals surface area contributed by atoms with E-state index in [1.165, 1.54) is 19.2 Å². The van der Waals surface area contributed by atoms with Crippen LogP contribution in [0.5, 0.6) is 11.6 Å². The highest BCUT2D eigenvalue weighted by molar-refractivity contribution is 7.09. The number of ether oxygens (including phenoxy) is 2. The van der Waals surface area contributed by atoms with Crippen LogP contribution < -0.4 is 14.9 Å². The summed E-state index contributed by atoms with van der Waals surface area (Å²) in [5.74, 6) is 0.0685. The van der Waals surface area contributed by atoms with Crippen molar-refractivity contribution in [2.45, 2.75) is 18.7 Å². The molecular weight excluding hydrogens is 449 g/mol. The molecule has 0 spiro atoms. The average Bonchev–Trinajstić information content (AvgIpc) is 3.06. The van der Waals surface area contributed by atoms with E-state index in [2.05, 4.69) is 10.3 Å². The van der Waals surface area contributed by atoms with Gasteiger partial charge in [-0.2, -0.15) is 13.2 Å². The van der Waals surface area contributed by atoms with E-state index in [-0.39, 0.29) is 28.6 Å². The van der Waals surface area contributed by atoms with Crippen molar-refractivity contribution in [1.29, 1.82) is 0 Å². The average molecular weight is 468 g/mol. The fourth-order valence-electron chi connectivity index (χ4n) is 2.90. The number of carbonyl (C=O) groups excluding carboxylic acids is 1. The number of carbonyl (C=O) groups is 1. The molecule has 0 aliphatic rings. The summed E-state index contributed by atoms with van der Waals surface area (Å²) in [6, 6.07) is 11.1. The third kappa shape index (κ3) is 6.11. The fraction of sp³-hybridized carbons (Fsp3) is 0.238. The molecule has 3 N–H and O–H groups in total. The van der Waals surface area contributed by atoms with Crippen molar-refractivity contribution < 1.29 is 32.5 Å². The van der Waals surface area contributed by atoms with Crippen molar-refractivity contribution in [2.24, 2.45) is 0 Å². The minimum Gasteiger partial charge on any atom is -0.494 e. The van der Waals surface area contributed by atoms with Gasteiger partial charge in [0.15, 0.2) is 0 Å². The highest BCUT2D eigenvalue weighted by Crippen LogP contribution is 2.31. The minimum atomic E-state index is -4.48. The van der Waals surface area contributed by atoms with Crippen LogP contribution in [0.4, 0.5) is 18.0 Å². The third-order valence-corrected chi connectivity index (χ3v) is 5.37. The number of H-pyrrole nitrogens is 1. The van der Waals surface area contributed by atoms with E-state index in [4.69, 9.17) is 9.47 Å². The number of aromatic hydroxyl groups is 1. The van der Waals surface area contributed by atoms with Crippen LogP contribution in [0.1, 0.15) is 27.7 Å². The van der Waals surface area contributed by atoms with Crippen molar-refractivity contribution in [3.8, 4) is 11.6 Å². The highest BCUT2D eigenvalue weighted by Gasteiger charge is 2.31. The molecule has 1 unspecified atom stereocenters. The Kier molecular flexibility index (Phi) is 7.21. The molecule has 3 rings (SSSR count). The van der Waals surface area contributed by atoms with E-state index >= 15 is 0 Å². The van der Waals surface area contributed by atoms with Crippen molar-refractivity contribution in [3.63, 3.8) is 0 Å². The largest absolute Gasteiger partial charge is 0.494 e. The lowest BCUT2D eigenvalue weighted by molar-refractivity contribution is -0.137. The number of amides is 1. The second-order valence-electron chi connectivity index (χ2n) is 6.73. The Morgan fingerprint density at radius 2 is 1.94 bits per heavy atom. The van der Waals surface area contributed by atoms with Crippen LogP contribution in [-0.4, -0.2) is 29.8 Å². The molecule has 0 bridgehead atoms. The van der Waals surface area contributed by atoms with Gasteiger partial charge in [-0.3, -0.25) is 9.78 Å². The molecule has 0 radical (unpaired) electrons. The number of hydrogen-bond donors (Lipinski definition) is 3. The summed E-state index contributed by atoms with van der Waals surface area (Å²) < 4.78 is 49.1. The third-order valence-electron chi connectivity index (χ3n) is 4.50. The summed E-state index contributed by atoms with van der Waals surface area (Å²) in [5, 5.41) is 12.1. The smallest absolute Gasteiger partial charge is 0.416 e. The lowest BCUT2D eigenvalue weighted by Gasteiger charge is -2.18. The van der Waals surface area contributed by atoms with Gasteiger partial charge in [-0.15, -0.1) is 0 Å². The van der Waals surface area contributed by atoms with Crippen LogP contribution in [0.2, 0.25) is 0 Å². The van der Waals surface area contributed by atoms with Gasteiger partial charge in [-0.25, -0.2) is 4.79 Å². The zero-order valence-corrected chi connectivity index (χ0v) is 17.5. The molecule has 32 heavy (non-hydrogen) atoms. The predicted octanol–water partition coefficient (Wildman–Crippen LogP) is 4.23. The molecule has 7 nitrogen and oxygen atoms in total. The Morgan fingerprint density at radius 1 is 1.22 bits per heavy atom. The molecule has 2 aromatic carbocycles.